The molecule has 5 rings (SSSR count). The van der Waals surface area contributed by atoms with Crippen LogP contribution in [0, 0.1) is 11.3 Å². The van der Waals surface area contributed by atoms with Crippen molar-refractivity contribution in [2.24, 2.45) is 0 Å². The Hall–Kier alpha value is -3.90. The van der Waals surface area contributed by atoms with Gasteiger partial charge in [-0.3, -0.25) is 0 Å². The molecule has 2 amide bonds. The molecule has 37 heavy (non-hydrogen) atoms. The van der Waals surface area contributed by atoms with E-state index in [0.717, 1.165) is 49.0 Å². The molecule has 2 heterocycles. The zero-order chi connectivity index (χ0) is 26.1. The molecule has 1 aromatic heterocycles. The lowest BCUT2D eigenvalue weighted by molar-refractivity contribution is 0.199. The molecule has 1 N–H and O–H groups in total. The normalized spacial score (nSPS) is 18.8. The van der Waals surface area contributed by atoms with E-state index in [0.29, 0.717) is 34.6 Å². The van der Waals surface area contributed by atoms with Gasteiger partial charge in [-0.25, -0.2) is 4.79 Å². The number of ether oxygens (including phenoxy) is 1. The molecule has 1 aliphatic carbocycles. The number of nitrogens with zero attached hydrogens (tertiary/aromatic N) is 5. The van der Waals surface area contributed by atoms with Crippen molar-refractivity contribution in [3.05, 3.63) is 53.1 Å². The van der Waals surface area contributed by atoms with Gasteiger partial charge in [-0.15, -0.1) is 0 Å². The van der Waals surface area contributed by atoms with Crippen LogP contribution in [0.3, 0.4) is 0 Å². The predicted octanol–water partition coefficient (Wildman–Crippen LogP) is 4.40. The van der Waals surface area contributed by atoms with Crippen LogP contribution in [-0.2, 0) is 6.42 Å². The van der Waals surface area contributed by atoms with Crippen molar-refractivity contribution in [1.82, 2.24) is 25.3 Å². The number of hydrogen-bond acceptors (Lipinski definition) is 7. The maximum absolute atomic E-state index is 13.0. The Morgan fingerprint density at radius 3 is 2.84 bits per heavy atom. The number of nitriles is 1. The number of carbonyl (C=O) groups excluding carboxylic acids is 1. The summed E-state index contributed by atoms with van der Waals surface area (Å²) >= 11 is 0. The molecule has 0 bridgehead atoms. The Morgan fingerprint density at radius 2 is 2.11 bits per heavy atom. The summed E-state index contributed by atoms with van der Waals surface area (Å²) in [5.74, 6) is 1.36. The van der Waals surface area contributed by atoms with E-state index in [1.54, 1.807) is 12.1 Å². The zero-order valence-electron chi connectivity index (χ0n) is 21.7. The van der Waals surface area contributed by atoms with Crippen molar-refractivity contribution >= 4 is 6.03 Å². The maximum atomic E-state index is 13.0. The second kappa shape index (κ2) is 10.2. The lowest BCUT2D eigenvalue weighted by Gasteiger charge is -2.23. The molecule has 3 aromatic rings. The Labute approximate surface area is 217 Å². The number of nitrogens with one attached hydrogen (secondary N) is 1. The van der Waals surface area contributed by atoms with Gasteiger partial charge in [0.05, 0.1) is 17.7 Å². The fraction of sp³-hybridized carbons (Fsp3) is 0.429. The summed E-state index contributed by atoms with van der Waals surface area (Å²) < 4.78 is 11.3. The van der Waals surface area contributed by atoms with E-state index in [1.165, 1.54) is 0 Å². The number of aromatic nitrogens is 2. The minimum atomic E-state index is -0.0427. The van der Waals surface area contributed by atoms with Crippen LogP contribution < -0.4 is 10.1 Å². The SMILES string of the molecule is CC(C)Oc1ccc(-c2nc(-c3cccc4c3CC[C@H]4NC(=O)N3CC[C@@H](N(C)C)C3)no2)cc1C#N. The van der Waals surface area contributed by atoms with E-state index in [4.69, 9.17) is 9.26 Å². The molecule has 2 aromatic carbocycles. The van der Waals surface area contributed by atoms with Crippen molar-refractivity contribution in [2.75, 3.05) is 27.2 Å². The van der Waals surface area contributed by atoms with Gasteiger partial charge < -0.3 is 24.4 Å². The number of rotatable bonds is 6. The summed E-state index contributed by atoms with van der Waals surface area (Å²) in [7, 11) is 4.12. The van der Waals surface area contributed by atoms with Crippen LogP contribution in [0.25, 0.3) is 22.8 Å². The lowest BCUT2D eigenvalue weighted by atomic mass is 10.0. The number of likely N-dealkylation sites (N-methyl/N-ethyl adjacent to an activating group) is 1. The van der Waals surface area contributed by atoms with Crippen LogP contribution in [0.15, 0.2) is 40.9 Å². The molecule has 1 saturated heterocycles. The van der Waals surface area contributed by atoms with Gasteiger partial charge in [0, 0.05) is 30.3 Å². The molecule has 0 spiro atoms. The molecule has 192 valence electrons. The first kappa shape index (κ1) is 24.8. The van der Waals surface area contributed by atoms with Crippen molar-refractivity contribution in [3.8, 4) is 34.7 Å². The summed E-state index contributed by atoms with van der Waals surface area (Å²) in [6.07, 6.45) is 2.61. The summed E-state index contributed by atoms with van der Waals surface area (Å²) in [5.41, 5.74) is 4.21. The Kier molecular flexibility index (Phi) is 6.85. The minimum absolute atomic E-state index is 0.00681. The van der Waals surface area contributed by atoms with Crippen molar-refractivity contribution < 1.29 is 14.1 Å². The van der Waals surface area contributed by atoms with Gasteiger partial charge in [-0.2, -0.15) is 10.2 Å². The standard InChI is InChI=1S/C28H32N6O3/c1-17(2)36-25-11-8-18(14-19(25)15-29)27-31-26(32-37-27)23-7-5-6-22-21(23)9-10-24(22)30-28(35)34-13-12-20(16-34)33(3)4/h5-8,11,14,17,20,24H,9-10,12-13,16H2,1-4H3,(H,30,35)/t20-,24-/m1/s1. The molecule has 0 saturated carbocycles. The van der Waals surface area contributed by atoms with Crippen molar-refractivity contribution in [2.45, 2.75) is 51.3 Å². The highest BCUT2D eigenvalue weighted by atomic mass is 16.5. The monoisotopic (exact) mass is 500 g/mol. The predicted molar refractivity (Wildman–Crippen MR) is 139 cm³/mol. The van der Waals surface area contributed by atoms with Gasteiger partial charge in [-0.05, 0) is 76.5 Å². The lowest BCUT2D eigenvalue weighted by Crippen LogP contribution is -2.41. The first-order chi connectivity index (χ1) is 17.8. The number of urea groups is 1. The number of benzene rings is 2. The molecule has 0 radical (unpaired) electrons. The fourth-order valence-corrected chi connectivity index (χ4v) is 5.16. The summed E-state index contributed by atoms with van der Waals surface area (Å²) in [5, 5.41) is 17.0. The number of amides is 2. The minimum Gasteiger partial charge on any atom is -0.490 e. The van der Waals surface area contributed by atoms with Gasteiger partial charge in [0.2, 0.25) is 5.82 Å². The number of hydrogen-bond donors (Lipinski definition) is 1. The van der Waals surface area contributed by atoms with Gasteiger partial charge in [0.1, 0.15) is 11.8 Å². The van der Waals surface area contributed by atoms with Crippen LogP contribution >= 0.6 is 0 Å². The Morgan fingerprint density at radius 1 is 1.27 bits per heavy atom. The van der Waals surface area contributed by atoms with Gasteiger partial charge in [0.25, 0.3) is 5.89 Å². The molecule has 1 fully saturated rings. The molecular formula is C28H32N6O3. The molecular weight excluding hydrogens is 468 g/mol. The molecule has 0 unspecified atom stereocenters. The van der Waals surface area contributed by atoms with Crippen molar-refractivity contribution in [3.63, 3.8) is 0 Å². The Balaban J connectivity index is 1.34. The largest absolute Gasteiger partial charge is 0.490 e. The van der Waals surface area contributed by atoms with Crippen LogP contribution in [0.4, 0.5) is 4.79 Å². The molecule has 2 atom stereocenters. The highest BCUT2D eigenvalue weighted by Gasteiger charge is 2.32. The second-order valence-electron chi connectivity index (χ2n) is 10.2. The van der Waals surface area contributed by atoms with Crippen LogP contribution in [0.2, 0.25) is 0 Å². The number of likely N-dealkylation sites (tertiary alicyclic amines) is 1. The second-order valence-corrected chi connectivity index (χ2v) is 10.2. The average molecular weight is 501 g/mol. The number of fused-ring (bicyclic) bond motifs is 1. The molecule has 9 heteroatoms. The summed E-state index contributed by atoms with van der Waals surface area (Å²) in [6, 6.07) is 13.8. The molecule has 2 aliphatic rings. The van der Waals surface area contributed by atoms with E-state index in [2.05, 4.69) is 46.6 Å². The zero-order valence-corrected chi connectivity index (χ0v) is 21.7. The topological polar surface area (TPSA) is 108 Å². The highest BCUT2D eigenvalue weighted by molar-refractivity contribution is 5.76. The van der Waals surface area contributed by atoms with E-state index in [1.807, 2.05) is 36.9 Å². The highest BCUT2D eigenvalue weighted by Crippen LogP contribution is 2.38. The first-order valence-electron chi connectivity index (χ1n) is 12.7. The fourth-order valence-electron chi connectivity index (χ4n) is 5.16. The summed E-state index contributed by atoms with van der Waals surface area (Å²) in [6.45, 7) is 5.36. The number of carbonyl (C=O) groups is 1. The summed E-state index contributed by atoms with van der Waals surface area (Å²) in [4.78, 5) is 21.7. The van der Waals surface area contributed by atoms with Crippen LogP contribution in [0.1, 0.15) is 49.4 Å². The average Bonchev–Trinajstić information content (AvgIpc) is 3.64. The van der Waals surface area contributed by atoms with Crippen LogP contribution in [0.5, 0.6) is 5.75 Å². The molecule has 9 nitrogen and oxygen atoms in total. The maximum Gasteiger partial charge on any atom is 0.317 e. The third kappa shape index (κ3) is 5.02. The van der Waals surface area contributed by atoms with E-state index < -0.39 is 0 Å². The van der Waals surface area contributed by atoms with Gasteiger partial charge in [0.15, 0.2) is 0 Å². The smallest absolute Gasteiger partial charge is 0.317 e. The Bertz CT molecular complexity index is 1340. The van der Waals surface area contributed by atoms with E-state index >= 15 is 0 Å². The third-order valence-corrected chi connectivity index (χ3v) is 7.13. The third-order valence-electron chi connectivity index (χ3n) is 7.13. The van der Waals surface area contributed by atoms with Gasteiger partial charge >= 0.3 is 6.03 Å². The quantitative estimate of drug-likeness (QED) is 0.535. The first-order valence-corrected chi connectivity index (χ1v) is 12.7. The van der Waals surface area contributed by atoms with Crippen LogP contribution in [-0.4, -0.2) is 65.3 Å². The van der Waals surface area contributed by atoms with Crippen molar-refractivity contribution in [1.29, 1.82) is 5.26 Å². The molecule has 1 aliphatic heterocycles. The van der Waals surface area contributed by atoms with E-state index in [9.17, 15) is 10.1 Å². The van der Waals surface area contributed by atoms with Gasteiger partial charge in [-0.1, -0.05) is 23.4 Å². The van der Waals surface area contributed by atoms with E-state index in [-0.39, 0.29) is 18.2 Å².